The monoisotopic (exact) mass is 1160 g/mol. The molecule has 0 aliphatic heterocycles. The third-order valence-electron chi connectivity index (χ3n) is 16.8. The van der Waals surface area contributed by atoms with Crippen LogP contribution in [0, 0.1) is 0 Å². The van der Waals surface area contributed by atoms with Crippen molar-refractivity contribution in [2.45, 2.75) is 412 Å². The van der Waals surface area contributed by atoms with Gasteiger partial charge < -0.3 is 14.2 Å². The highest BCUT2D eigenvalue weighted by Crippen LogP contribution is 2.19. The lowest BCUT2D eigenvalue weighted by Crippen LogP contribution is -2.30. The van der Waals surface area contributed by atoms with Crippen LogP contribution in [-0.2, 0) is 28.6 Å². The summed E-state index contributed by atoms with van der Waals surface area (Å²) in [6, 6.07) is 0. The summed E-state index contributed by atoms with van der Waals surface area (Å²) in [6.07, 6.45) is 91.6. The molecule has 486 valence electrons. The molecule has 0 spiro atoms. The average molecular weight is 1160 g/mol. The highest BCUT2D eigenvalue weighted by molar-refractivity contribution is 5.71. The first kappa shape index (κ1) is 80.4. The van der Waals surface area contributed by atoms with E-state index in [0.717, 1.165) is 83.5 Å². The largest absolute Gasteiger partial charge is 0.462 e. The Balaban J connectivity index is 4.22. The summed E-state index contributed by atoms with van der Waals surface area (Å²) in [5.74, 6) is -0.867. The Labute approximate surface area is 518 Å². The molecule has 0 aromatic rings. The lowest BCUT2D eigenvalue weighted by Gasteiger charge is -2.18. The quantitative estimate of drug-likeness (QED) is 0.0261. The number of hydrogen-bond acceptors (Lipinski definition) is 6. The fourth-order valence-electron chi connectivity index (χ4n) is 11.2. The normalized spacial score (nSPS) is 12.3. The van der Waals surface area contributed by atoms with E-state index in [1.807, 2.05) is 0 Å². The van der Waals surface area contributed by atoms with Crippen molar-refractivity contribution >= 4 is 17.9 Å². The molecule has 0 saturated heterocycles. The first-order valence-electron chi connectivity index (χ1n) is 37.1. The van der Waals surface area contributed by atoms with Crippen molar-refractivity contribution in [1.82, 2.24) is 0 Å². The molecule has 1 unspecified atom stereocenters. The molecular formula is C77H142O6. The predicted molar refractivity (Wildman–Crippen MR) is 362 cm³/mol. The molecule has 0 rings (SSSR count). The van der Waals surface area contributed by atoms with E-state index < -0.39 is 6.10 Å². The standard InChI is InChI=1S/C77H142O6/c1-4-7-10-13-16-19-22-25-28-31-33-34-35-36-37-38-39-40-41-42-43-45-46-49-52-55-58-61-64-67-70-76(79)82-73-74(72-81-75(78)69-66-63-60-57-54-51-48-30-27-24-21-18-15-12-9-6-3)83-77(80)71-68-65-62-59-56-53-50-47-44-32-29-26-23-20-17-14-11-8-5-2/h17,20-21,24,26,29-30,48,74H,4-16,18-19,22-23,25,27-28,31-47,49-73H2,1-3H3/b20-17-,24-21-,29-26-,48-30-. The minimum absolute atomic E-state index is 0.0753. The number of unbranched alkanes of at least 4 members (excludes halogenated alkanes) is 50. The Morgan fingerprint density at radius 1 is 0.241 bits per heavy atom. The summed E-state index contributed by atoms with van der Waals surface area (Å²) in [7, 11) is 0. The molecule has 0 radical (unpaired) electrons. The second-order valence-electron chi connectivity index (χ2n) is 25.2. The summed E-state index contributed by atoms with van der Waals surface area (Å²) in [5.41, 5.74) is 0. The second-order valence-corrected chi connectivity index (χ2v) is 25.2. The fourth-order valence-corrected chi connectivity index (χ4v) is 11.2. The first-order chi connectivity index (χ1) is 41.0. The molecule has 83 heavy (non-hydrogen) atoms. The van der Waals surface area contributed by atoms with Crippen LogP contribution in [0.5, 0.6) is 0 Å². The van der Waals surface area contributed by atoms with Crippen molar-refractivity contribution in [3.63, 3.8) is 0 Å². The summed E-state index contributed by atoms with van der Waals surface area (Å²) >= 11 is 0. The van der Waals surface area contributed by atoms with Crippen LogP contribution in [0.3, 0.4) is 0 Å². The van der Waals surface area contributed by atoms with Gasteiger partial charge in [0.2, 0.25) is 0 Å². The number of hydrogen-bond donors (Lipinski definition) is 0. The van der Waals surface area contributed by atoms with Gasteiger partial charge in [-0.05, 0) is 83.5 Å². The van der Waals surface area contributed by atoms with E-state index >= 15 is 0 Å². The Kier molecular flexibility index (Phi) is 69.6. The minimum Gasteiger partial charge on any atom is -0.462 e. The van der Waals surface area contributed by atoms with Crippen molar-refractivity contribution in [2.75, 3.05) is 13.2 Å². The van der Waals surface area contributed by atoms with Gasteiger partial charge in [0.1, 0.15) is 13.2 Å². The Bertz CT molecular complexity index is 1430. The van der Waals surface area contributed by atoms with E-state index in [9.17, 15) is 14.4 Å². The predicted octanol–water partition coefficient (Wildman–Crippen LogP) is 25.7. The molecule has 1 atom stereocenters. The summed E-state index contributed by atoms with van der Waals surface area (Å²) < 4.78 is 17.0. The van der Waals surface area contributed by atoms with Gasteiger partial charge in [-0.1, -0.05) is 352 Å². The van der Waals surface area contributed by atoms with Gasteiger partial charge in [0, 0.05) is 19.3 Å². The van der Waals surface area contributed by atoms with Crippen LogP contribution in [-0.4, -0.2) is 37.2 Å². The maximum atomic E-state index is 13.0. The van der Waals surface area contributed by atoms with Gasteiger partial charge >= 0.3 is 17.9 Å². The molecule has 0 heterocycles. The van der Waals surface area contributed by atoms with Gasteiger partial charge in [-0.3, -0.25) is 14.4 Å². The second kappa shape index (κ2) is 71.8. The van der Waals surface area contributed by atoms with Gasteiger partial charge in [-0.25, -0.2) is 0 Å². The SMILES string of the molecule is CCCCC/C=C\C/C=C\CCCCCCCCCCCC(=O)OC(COC(=O)CCCCCCC/C=C\C/C=C\CCCCCC)COC(=O)CCCCCCCCCCCCCCCCCCCCCCCCCCCCCCCC. The molecule has 0 aliphatic rings. The van der Waals surface area contributed by atoms with Crippen LogP contribution in [0.15, 0.2) is 48.6 Å². The van der Waals surface area contributed by atoms with E-state index in [-0.39, 0.29) is 31.1 Å². The van der Waals surface area contributed by atoms with E-state index in [1.54, 1.807) is 0 Å². The van der Waals surface area contributed by atoms with E-state index in [0.29, 0.717) is 19.3 Å². The zero-order valence-corrected chi connectivity index (χ0v) is 56.0. The molecule has 6 nitrogen and oxygen atoms in total. The molecule has 6 heteroatoms. The van der Waals surface area contributed by atoms with Gasteiger partial charge in [0.05, 0.1) is 0 Å². The highest BCUT2D eigenvalue weighted by atomic mass is 16.6. The van der Waals surface area contributed by atoms with Crippen molar-refractivity contribution in [3.05, 3.63) is 48.6 Å². The minimum atomic E-state index is -0.782. The van der Waals surface area contributed by atoms with Crippen LogP contribution < -0.4 is 0 Å². The number of rotatable bonds is 69. The Morgan fingerprint density at radius 3 is 0.699 bits per heavy atom. The Hall–Kier alpha value is -2.63. The van der Waals surface area contributed by atoms with Crippen LogP contribution in [0.1, 0.15) is 406 Å². The first-order valence-corrected chi connectivity index (χ1v) is 37.1. The zero-order valence-electron chi connectivity index (χ0n) is 56.0. The lowest BCUT2D eigenvalue weighted by atomic mass is 10.0. The molecule has 0 amide bonds. The number of ether oxygens (including phenoxy) is 3. The fraction of sp³-hybridized carbons (Fsp3) is 0.857. The summed E-state index contributed by atoms with van der Waals surface area (Å²) in [5, 5.41) is 0. The molecule has 0 aliphatic carbocycles. The third kappa shape index (κ3) is 70.0. The maximum Gasteiger partial charge on any atom is 0.306 e. The van der Waals surface area contributed by atoms with E-state index in [4.69, 9.17) is 14.2 Å². The van der Waals surface area contributed by atoms with Crippen molar-refractivity contribution in [1.29, 1.82) is 0 Å². The molecule has 0 aromatic heterocycles. The van der Waals surface area contributed by atoms with Crippen LogP contribution in [0.4, 0.5) is 0 Å². The number of allylic oxidation sites excluding steroid dienone is 8. The molecule has 0 aromatic carbocycles. The van der Waals surface area contributed by atoms with Crippen LogP contribution >= 0.6 is 0 Å². The lowest BCUT2D eigenvalue weighted by molar-refractivity contribution is -0.167. The zero-order chi connectivity index (χ0) is 59.9. The third-order valence-corrected chi connectivity index (χ3v) is 16.8. The molecule has 0 saturated carbocycles. The molecule has 0 bridgehead atoms. The number of esters is 3. The number of carbonyl (C=O) groups excluding carboxylic acids is 3. The van der Waals surface area contributed by atoms with Crippen molar-refractivity contribution in [3.8, 4) is 0 Å². The van der Waals surface area contributed by atoms with Gasteiger partial charge in [0.25, 0.3) is 0 Å². The van der Waals surface area contributed by atoms with Crippen molar-refractivity contribution in [2.24, 2.45) is 0 Å². The highest BCUT2D eigenvalue weighted by Gasteiger charge is 2.19. The van der Waals surface area contributed by atoms with Crippen LogP contribution in [0.2, 0.25) is 0 Å². The van der Waals surface area contributed by atoms with Gasteiger partial charge in [0.15, 0.2) is 6.10 Å². The van der Waals surface area contributed by atoms with Crippen LogP contribution in [0.25, 0.3) is 0 Å². The van der Waals surface area contributed by atoms with Crippen molar-refractivity contribution < 1.29 is 28.6 Å². The molecular weight excluding hydrogens is 1020 g/mol. The maximum absolute atomic E-state index is 13.0. The summed E-state index contributed by atoms with van der Waals surface area (Å²) in [6.45, 7) is 6.66. The molecule has 0 N–H and O–H groups in total. The topological polar surface area (TPSA) is 78.9 Å². The molecule has 0 fully saturated rings. The summed E-state index contributed by atoms with van der Waals surface area (Å²) in [4.78, 5) is 38.5. The smallest absolute Gasteiger partial charge is 0.306 e. The Morgan fingerprint density at radius 2 is 0.434 bits per heavy atom. The van der Waals surface area contributed by atoms with E-state index in [2.05, 4.69) is 69.4 Å². The average Bonchev–Trinajstić information content (AvgIpc) is 3.49. The van der Waals surface area contributed by atoms with Gasteiger partial charge in [-0.15, -0.1) is 0 Å². The van der Waals surface area contributed by atoms with Gasteiger partial charge in [-0.2, -0.15) is 0 Å². The number of carbonyl (C=O) groups is 3. The van der Waals surface area contributed by atoms with E-state index in [1.165, 1.54) is 283 Å².